The zero-order valence-electron chi connectivity index (χ0n) is 10.5. The van der Waals surface area contributed by atoms with Crippen LogP contribution in [0.4, 0.5) is 10.1 Å². The van der Waals surface area contributed by atoms with Gasteiger partial charge in [-0.25, -0.2) is 4.39 Å². The molecule has 0 aliphatic carbocycles. The summed E-state index contributed by atoms with van der Waals surface area (Å²) in [5, 5.41) is 0. The van der Waals surface area contributed by atoms with Gasteiger partial charge in [0.2, 0.25) is 0 Å². The molecule has 0 radical (unpaired) electrons. The number of halogens is 1. The van der Waals surface area contributed by atoms with Crippen molar-refractivity contribution >= 4 is 5.69 Å². The highest BCUT2D eigenvalue weighted by Crippen LogP contribution is 2.23. The highest BCUT2D eigenvalue weighted by Gasteiger charge is 2.22. The molecule has 17 heavy (non-hydrogen) atoms. The summed E-state index contributed by atoms with van der Waals surface area (Å²) < 4.78 is 13.9. The van der Waals surface area contributed by atoms with Gasteiger partial charge in [0.25, 0.3) is 0 Å². The molecular weight excluding hydrogens is 217 g/mol. The number of anilines is 1. The number of likely N-dealkylation sites (N-methyl/N-ethyl adjacent to an activating group) is 1. The van der Waals surface area contributed by atoms with Gasteiger partial charge in [0.05, 0.1) is 5.69 Å². The lowest BCUT2D eigenvalue weighted by Crippen LogP contribution is -2.50. The van der Waals surface area contributed by atoms with Crippen molar-refractivity contribution in [1.82, 2.24) is 4.90 Å². The molecule has 2 rings (SSSR count). The Morgan fingerprint density at radius 1 is 1.41 bits per heavy atom. The summed E-state index contributed by atoms with van der Waals surface area (Å²) in [7, 11) is 2.11. The van der Waals surface area contributed by atoms with Gasteiger partial charge in [-0.2, -0.15) is 0 Å². The molecule has 3 nitrogen and oxygen atoms in total. The average Bonchev–Trinajstić information content (AvgIpc) is 2.32. The molecule has 4 heteroatoms. The predicted molar refractivity (Wildman–Crippen MR) is 68.6 cm³/mol. The van der Waals surface area contributed by atoms with Gasteiger partial charge in [0.15, 0.2) is 0 Å². The maximum atomic E-state index is 13.9. The normalized spacial score (nSPS) is 21.9. The van der Waals surface area contributed by atoms with Gasteiger partial charge < -0.3 is 15.5 Å². The Bertz CT molecular complexity index is 394. The van der Waals surface area contributed by atoms with Gasteiger partial charge in [-0.3, -0.25) is 0 Å². The lowest BCUT2D eigenvalue weighted by Gasteiger charge is -2.39. The smallest absolute Gasteiger partial charge is 0.146 e. The molecule has 1 aromatic carbocycles. The van der Waals surface area contributed by atoms with E-state index in [2.05, 4.69) is 23.8 Å². The number of hydrogen-bond donors (Lipinski definition) is 1. The molecule has 1 heterocycles. The van der Waals surface area contributed by atoms with E-state index in [0.717, 1.165) is 25.2 Å². The molecule has 1 aliphatic heterocycles. The van der Waals surface area contributed by atoms with Crippen molar-refractivity contribution in [2.75, 3.05) is 31.6 Å². The second kappa shape index (κ2) is 5.02. The van der Waals surface area contributed by atoms with Gasteiger partial charge >= 0.3 is 0 Å². The van der Waals surface area contributed by atoms with Crippen molar-refractivity contribution in [3.63, 3.8) is 0 Å². The van der Waals surface area contributed by atoms with E-state index in [9.17, 15) is 4.39 Å². The first-order chi connectivity index (χ1) is 8.11. The molecule has 0 aromatic heterocycles. The minimum Gasteiger partial charge on any atom is -0.366 e. The maximum Gasteiger partial charge on any atom is 0.146 e. The summed E-state index contributed by atoms with van der Waals surface area (Å²) >= 11 is 0. The molecule has 2 N–H and O–H groups in total. The average molecular weight is 237 g/mol. The molecular formula is C13H20FN3. The van der Waals surface area contributed by atoms with Gasteiger partial charge in [-0.05, 0) is 31.7 Å². The third-order valence-electron chi connectivity index (χ3n) is 3.55. The summed E-state index contributed by atoms with van der Waals surface area (Å²) in [6.45, 7) is 5.27. The molecule has 1 atom stereocenters. The standard InChI is InChI=1S/C13H20FN3/c1-10-9-17(6-5-16(10)2)13-4-3-11(8-15)7-12(13)14/h3-4,7,10H,5-6,8-9,15H2,1-2H3. The second-order valence-electron chi connectivity index (χ2n) is 4.77. The van der Waals surface area contributed by atoms with Crippen LogP contribution < -0.4 is 10.6 Å². The third-order valence-corrected chi connectivity index (χ3v) is 3.55. The van der Waals surface area contributed by atoms with Crippen LogP contribution in [0.1, 0.15) is 12.5 Å². The van der Waals surface area contributed by atoms with Gasteiger partial charge in [-0.15, -0.1) is 0 Å². The zero-order chi connectivity index (χ0) is 12.4. The lowest BCUT2D eigenvalue weighted by molar-refractivity contribution is 0.233. The van der Waals surface area contributed by atoms with E-state index in [1.807, 2.05) is 12.1 Å². The lowest BCUT2D eigenvalue weighted by atomic mass is 10.1. The van der Waals surface area contributed by atoms with Gasteiger partial charge in [0, 0.05) is 32.2 Å². The van der Waals surface area contributed by atoms with E-state index in [1.54, 1.807) is 6.07 Å². The van der Waals surface area contributed by atoms with E-state index in [4.69, 9.17) is 5.73 Å². The van der Waals surface area contributed by atoms with Crippen LogP contribution >= 0.6 is 0 Å². The quantitative estimate of drug-likeness (QED) is 0.844. The van der Waals surface area contributed by atoms with Crippen LogP contribution in [0.15, 0.2) is 18.2 Å². The predicted octanol–water partition coefficient (Wildman–Crippen LogP) is 1.42. The van der Waals surface area contributed by atoms with E-state index in [0.29, 0.717) is 18.3 Å². The zero-order valence-corrected chi connectivity index (χ0v) is 10.5. The van der Waals surface area contributed by atoms with Crippen LogP contribution in [0.25, 0.3) is 0 Å². The highest BCUT2D eigenvalue weighted by atomic mass is 19.1. The summed E-state index contributed by atoms with van der Waals surface area (Å²) in [6, 6.07) is 5.74. The van der Waals surface area contributed by atoms with Crippen LogP contribution in [0.3, 0.4) is 0 Å². The van der Waals surface area contributed by atoms with E-state index in [1.165, 1.54) is 0 Å². The van der Waals surface area contributed by atoms with Crippen molar-refractivity contribution in [3.8, 4) is 0 Å². The summed E-state index contributed by atoms with van der Waals surface area (Å²) in [5.41, 5.74) is 7.04. The second-order valence-corrected chi connectivity index (χ2v) is 4.77. The van der Waals surface area contributed by atoms with E-state index < -0.39 is 0 Å². The minimum absolute atomic E-state index is 0.162. The van der Waals surface area contributed by atoms with Crippen LogP contribution in [0, 0.1) is 5.82 Å². The number of nitrogens with zero attached hydrogens (tertiary/aromatic N) is 2. The summed E-state index contributed by atoms with van der Waals surface area (Å²) in [5.74, 6) is -0.162. The highest BCUT2D eigenvalue weighted by molar-refractivity contribution is 5.49. The first kappa shape index (κ1) is 12.3. The van der Waals surface area contributed by atoms with Crippen molar-refractivity contribution in [2.45, 2.75) is 19.5 Å². The van der Waals surface area contributed by atoms with Crippen molar-refractivity contribution in [2.24, 2.45) is 5.73 Å². The molecule has 1 aromatic rings. The fourth-order valence-corrected chi connectivity index (χ4v) is 2.20. The van der Waals surface area contributed by atoms with Crippen LogP contribution in [-0.4, -0.2) is 37.6 Å². The number of benzene rings is 1. The molecule has 1 aliphatic rings. The molecule has 0 bridgehead atoms. The Labute approximate surface area is 102 Å². The SMILES string of the molecule is CC1CN(c2ccc(CN)cc2F)CCN1C. The van der Waals surface area contributed by atoms with Crippen LogP contribution in [0.5, 0.6) is 0 Å². The molecule has 1 unspecified atom stereocenters. The van der Waals surface area contributed by atoms with Crippen molar-refractivity contribution in [1.29, 1.82) is 0 Å². The van der Waals surface area contributed by atoms with Crippen molar-refractivity contribution in [3.05, 3.63) is 29.6 Å². The topological polar surface area (TPSA) is 32.5 Å². The van der Waals surface area contributed by atoms with Gasteiger partial charge in [-0.1, -0.05) is 6.07 Å². The number of nitrogens with two attached hydrogens (primary N) is 1. The molecule has 0 amide bonds. The fraction of sp³-hybridized carbons (Fsp3) is 0.538. The van der Waals surface area contributed by atoms with E-state index >= 15 is 0 Å². The monoisotopic (exact) mass is 237 g/mol. The summed E-state index contributed by atoms with van der Waals surface area (Å²) in [4.78, 5) is 4.41. The first-order valence-corrected chi connectivity index (χ1v) is 6.05. The Balaban J connectivity index is 2.17. The van der Waals surface area contributed by atoms with E-state index in [-0.39, 0.29) is 5.82 Å². The van der Waals surface area contributed by atoms with Crippen molar-refractivity contribution < 1.29 is 4.39 Å². The number of piperazine rings is 1. The Morgan fingerprint density at radius 3 is 2.76 bits per heavy atom. The Kier molecular flexibility index (Phi) is 3.64. The molecule has 1 fully saturated rings. The molecule has 94 valence electrons. The minimum atomic E-state index is -0.162. The molecule has 0 saturated carbocycles. The number of rotatable bonds is 2. The third kappa shape index (κ3) is 2.58. The Morgan fingerprint density at radius 2 is 2.18 bits per heavy atom. The molecule has 1 saturated heterocycles. The number of hydrogen-bond acceptors (Lipinski definition) is 3. The largest absolute Gasteiger partial charge is 0.366 e. The Hall–Kier alpha value is -1.13. The molecule has 0 spiro atoms. The van der Waals surface area contributed by atoms with Crippen LogP contribution in [0.2, 0.25) is 0 Å². The van der Waals surface area contributed by atoms with Crippen LogP contribution in [-0.2, 0) is 6.54 Å². The maximum absolute atomic E-state index is 13.9. The fourth-order valence-electron chi connectivity index (χ4n) is 2.20. The van der Waals surface area contributed by atoms with Gasteiger partial charge in [0.1, 0.15) is 5.82 Å². The first-order valence-electron chi connectivity index (χ1n) is 6.05. The summed E-state index contributed by atoms with van der Waals surface area (Å²) in [6.07, 6.45) is 0.